The first-order chi connectivity index (χ1) is 11.7. The molecular formula is C21H25N2O+. The van der Waals surface area contributed by atoms with E-state index in [9.17, 15) is 5.11 Å². The lowest BCUT2D eigenvalue weighted by atomic mass is 10.0. The molecule has 0 saturated heterocycles. The van der Waals surface area contributed by atoms with Crippen LogP contribution < -0.4 is 4.90 Å². The summed E-state index contributed by atoms with van der Waals surface area (Å²) in [5.74, 6) is 1.27. The van der Waals surface area contributed by atoms with Crippen molar-refractivity contribution in [1.29, 1.82) is 0 Å². The summed E-state index contributed by atoms with van der Waals surface area (Å²) in [4.78, 5) is 2.34. The molecule has 0 amide bonds. The quantitative estimate of drug-likeness (QED) is 0.855. The number of anilines is 1. The summed E-state index contributed by atoms with van der Waals surface area (Å²) in [6.45, 7) is 3.66. The Labute approximate surface area is 143 Å². The van der Waals surface area contributed by atoms with Crippen molar-refractivity contribution in [1.82, 2.24) is 0 Å². The highest BCUT2D eigenvalue weighted by molar-refractivity contribution is 5.96. The van der Waals surface area contributed by atoms with Crippen LogP contribution in [0.15, 0.2) is 54.6 Å². The maximum Gasteiger partial charge on any atom is 0.271 e. The van der Waals surface area contributed by atoms with Gasteiger partial charge < -0.3 is 5.11 Å². The van der Waals surface area contributed by atoms with Crippen molar-refractivity contribution in [3.05, 3.63) is 65.7 Å². The molecule has 2 aliphatic heterocycles. The van der Waals surface area contributed by atoms with Crippen LogP contribution >= 0.6 is 0 Å². The lowest BCUT2D eigenvalue weighted by molar-refractivity contribution is -0.658. The fourth-order valence-electron chi connectivity index (χ4n) is 4.11. The van der Waals surface area contributed by atoms with Crippen molar-refractivity contribution in [2.75, 3.05) is 18.0 Å². The van der Waals surface area contributed by atoms with Crippen LogP contribution in [0.4, 0.5) is 5.69 Å². The van der Waals surface area contributed by atoms with Gasteiger partial charge in [0, 0.05) is 12.0 Å². The Morgan fingerprint density at radius 3 is 2.50 bits per heavy atom. The number of hydrogen-bond acceptors (Lipinski definition) is 2. The first-order valence-electron chi connectivity index (χ1n) is 8.95. The second-order valence-corrected chi connectivity index (χ2v) is 6.93. The molecule has 0 unspecified atom stereocenters. The Hall–Kier alpha value is -2.13. The topological polar surface area (TPSA) is 26.5 Å². The summed E-state index contributed by atoms with van der Waals surface area (Å²) >= 11 is 0. The average molecular weight is 321 g/mol. The molecule has 4 rings (SSSR count). The molecule has 0 radical (unpaired) electrons. The number of aryl methyl sites for hydroxylation is 1. The SMILES string of the molecule is Cc1ccccc1N1C[C@](O)(c2ccccc2)[N+]2=C1CCCCC2. The molecule has 1 atom stereocenters. The lowest BCUT2D eigenvalue weighted by Crippen LogP contribution is -2.41. The van der Waals surface area contributed by atoms with E-state index in [0.717, 1.165) is 24.9 Å². The number of nitrogens with zero attached hydrogens (tertiary/aromatic N) is 2. The van der Waals surface area contributed by atoms with E-state index in [2.05, 4.69) is 40.7 Å². The smallest absolute Gasteiger partial charge is 0.271 e. The zero-order valence-corrected chi connectivity index (χ0v) is 14.3. The molecule has 1 N–H and O–H groups in total. The van der Waals surface area contributed by atoms with Crippen molar-refractivity contribution in [2.24, 2.45) is 0 Å². The van der Waals surface area contributed by atoms with Gasteiger partial charge in [-0.15, -0.1) is 0 Å². The number of aliphatic hydroxyl groups is 1. The molecule has 2 heterocycles. The maximum absolute atomic E-state index is 11.7. The number of benzene rings is 2. The molecule has 0 aliphatic carbocycles. The van der Waals surface area contributed by atoms with E-state index in [1.807, 2.05) is 30.3 Å². The Morgan fingerprint density at radius 1 is 0.958 bits per heavy atom. The minimum Gasteiger partial charge on any atom is -0.346 e. The molecule has 0 aromatic heterocycles. The summed E-state index contributed by atoms with van der Waals surface area (Å²) in [5, 5.41) is 11.7. The minimum absolute atomic E-state index is 0.594. The third kappa shape index (κ3) is 2.44. The number of β-amino-alcohol motifs (C(OH)–C–C–N with tert-alkyl or cyclic N) is 1. The lowest BCUT2D eigenvalue weighted by Gasteiger charge is -2.23. The molecule has 2 aliphatic rings. The predicted molar refractivity (Wildman–Crippen MR) is 97.5 cm³/mol. The van der Waals surface area contributed by atoms with Gasteiger partial charge in [-0.1, -0.05) is 48.5 Å². The van der Waals surface area contributed by atoms with Crippen molar-refractivity contribution in [2.45, 2.75) is 38.3 Å². The highest BCUT2D eigenvalue weighted by Crippen LogP contribution is 2.36. The Balaban J connectivity index is 1.84. The van der Waals surface area contributed by atoms with Gasteiger partial charge in [-0.25, -0.2) is 9.48 Å². The molecule has 0 saturated carbocycles. The fraction of sp³-hybridized carbons (Fsp3) is 0.381. The second-order valence-electron chi connectivity index (χ2n) is 6.93. The molecule has 24 heavy (non-hydrogen) atoms. The maximum atomic E-state index is 11.7. The normalized spacial score (nSPS) is 24.0. The van der Waals surface area contributed by atoms with Gasteiger partial charge in [-0.3, -0.25) is 0 Å². The second kappa shape index (κ2) is 6.06. The van der Waals surface area contributed by atoms with Gasteiger partial charge in [-0.2, -0.15) is 0 Å². The van der Waals surface area contributed by atoms with Gasteiger partial charge >= 0.3 is 0 Å². The molecule has 2 aromatic carbocycles. The third-order valence-corrected chi connectivity index (χ3v) is 5.37. The van der Waals surface area contributed by atoms with Gasteiger partial charge in [0.15, 0.2) is 6.54 Å². The van der Waals surface area contributed by atoms with E-state index in [4.69, 9.17) is 0 Å². The first kappa shape index (κ1) is 15.4. The summed E-state index contributed by atoms with van der Waals surface area (Å²) in [6.07, 6.45) is 4.59. The van der Waals surface area contributed by atoms with Gasteiger partial charge in [0.2, 0.25) is 0 Å². The predicted octanol–water partition coefficient (Wildman–Crippen LogP) is 3.65. The van der Waals surface area contributed by atoms with Crippen LogP contribution in [0, 0.1) is 6.92 Å². The van der Waals surface area contributed by atoms with Crippen LogP contribution in [-0.4, -0.2) is 28.6 Å². The monoisotopic (exact) mass is 321 g/mol. The van der Waals surface area contributed by atoms with E-state index in [0.29, 0.717) is 6.54 Å². The Morgan fingerprint density at radius 2 is 1.71 bits per heavy atom. The zero-order valence-electron chi connectivity index (χ0n) is 14.3. The van der Waals surface area contributed by atoms with Crippen molar-refractivity contribution in [3.63, 3.8) is 0 Å². The number of para-hydroxylation sites is 1. The summed E-state index contributed by atoms with van der Waals surface area (Å²) in [5.41, 5.74) is 2.52. The third-order valence-electron chi connectivity index (χ3n) is 5.37. The van der Waals surface area contributed by atoms with Crippen LogP contribution in [0.2, 0.25) is 0 Å². The van der Waals surface area contributed by atoms with Crippen molar-refractivity contribution < 1.29 is 9.68 Å². The molecule has 3 heteroatoms. The van der Waals surface area contributed by atoms with Crippen LogP contribution in [-0.2, 0) is 5.72 Å². The van der Waals surface area contributed by atoms with Crippen molar-refractivity contribution >= 4 is 11.5 Å². The average Bonchev–Trinajstić information content (AvgIpc) is 2.78. The molecule has 0 bridgehead atoms. The van der Waals surface area contributed by atoms with E-state index >= 15 is 0 Å². The van der Waals surface area contributed by atoms with Crippen LogP contribution in [0.1, 0.15) is 36.8 Å². The summed E-state index contributed by atoms with van der Waals surface area (Å²) < 4.78 is 2.25. The molecule has 2 aromatic rings. The molecule has 0 spiro atoms. The molecule has 0 fully saturated rings. The highest BCUT2D eigenvalue weighted by atomic mass is 16.3. The first-order valence-corrected chi connectivity index (χ1v) is 8.95. The van der Waals surface area contributed by atoms with E-state index in [1.54, 1.807) is 0 Å². The standard InChI is InChI=1S/C21H25N2O/c1-17-10-7-8-13-19(17)22-16-21(24,18-11-4-2-5-12-18)23-15-9-3-6-14-20(22)23/h2,4-5,7-8,10-13,24H,3,6,9,14-16H2,1H3/q+1/t21-/m0/s1. The number of rotatable bonds is 2. The minimum atomic E-state index is -0.941. The summed E-state index contributed by atoms with van der Waals surface area (Å²) in [6, 6.07) is 18.6. The largest absolute Gasteiger partial charge is 0.346 e. The number of amidine groups is 1. The van der Waals surface area contributed by atoms with Crippen LogP contribution in [0.5, 0.6) is 0 Å². The fourth-order valence-corrected chi connectivity index (χ4v) is 4.11. The van der Waals surface area contributed by atoms with E-state index in [1.165, 1.54) is 29.9 Å². The van der Waals surface area contributed by atoms with E-state index in [-0.39, 0.29) is 0 Å². The Bertz CT molecular complexity index is 768. The highest BCUT2D eigenvalue weighted by Gasteiger charge is 2.52. The molecule has 124 valence electrons. The number of hydrogen-bond donors (Lipinski definition) is 1. The van der Waals surface area contributed by atoms with Crippen LogP contribution in [0.3, 0.4) is 0 Å². The van der Waals surface area contributed by atoms with Gasteiger partial charge in [0.25, 0.3) is 11.6 Å². The van der Waals surface area contributed by atoms with Gasteiger partial charge in [-0.05, 0) is 37.8 Å². The molecular weight excluding hydrogens is 296 g/mol. The Kier molecular flexibility index (Phi) is 3.89. The summed E-state index contributed by atoms with van der Waals surface area (Å²) in [7, 11) is 0. The van der Waals surface area contributed by atoms with Gasteiger partial charge in [0.1, 0.15) is 5.69 Å². The van der Waals surface area contributed by atoms with Crippen LogP contribution in [0.25, 0.3) is 0 Å². The van der Waals surface area contributed by atoms with Crippen molar-refractivity contribution in [3.8, 4) is 0 Å². The zero-order chi connectivity index (χ0) is 16.6. The van der Waals surface area contributed by atoms with E-state index < -0.39 is 5.72 Å². The van der Waals surface area contributed by atoms with Gasteiger partial charge in [0.05, 0.1) is 6.54 Å². The molecule has 3 nitrogen and oxygen atoms in total.